The zero-order valence-electron chi connectivity index (χ0n) is 23.6. The summed E-state index contributed by atoms with van der Waals surface area (Å²) in [5.41, 5.74) is 1.88. The van der Waals surface area contributed by atoms with E-state index in [0.29, 0.717) is 38.0 Å². The number of rotatable bonds is 5. The van der Waals surface area contributed by atoms with Crippen molar-refractivity contribution in [2.24, 2.45) is 11.8 Å². The number of hydrogen-bond acceptors (Lipinski definition) is 3. The smallest absolute Gasteiger partial charge is 0.422 e. The summed E-state index contributed by atoms with van der Waals surface area (Å²) in [5.74, 6) is -2.73. The fraction of sp³-hybridized carbons (Fsp3) is 0.594. The number of fused-ring (bicyclic) bond motifs is 2. The molecule has 3 heterocycles. The highest BCUT2D eigenvalue weighted by atomic mass is 19.4. The molecule has 1 aliphatic carbocycles. The minimum Gasteiger partial charge on any atom is -0.484 e. The number of quaternary nitrogens is 1. The van der Waals surface area contributed by atoms with Crippen LogP contribution in [0.3, 0.4) is 0 Å². The predicted molar refractivity (Wildman–Crippen MR) is 145 cm³/mol. The molecule has 6 rings (SSSR count). The van der Waals surface area contributed by atoms with Gasteiger partial charge in [0.05, 0.1) is 31.7 Å². The molecule has 2 aromatic rings. The molecule has 0 unspecified atom stereocenters. The van der Waals surface area contributed by atoms with Gasteiger partial charge in [-0.2, -0.15) is 13.2 Å². The Morgan fingerprint density at radius 3 is 2.55 bits per heavy atom. The SMILES string of the molecule is O=C([C@@H]1C[NH2+]C[C@]12COCc1c(OCC(F)(F)F)cccc12)N1CC[C@@H](c2ccccc2)C[C@H]1C1CCC(F)(F)CC1. The van der Waals surface area contributed by atoms with Gasteiger partial charge >= 0.3 is 6.18 Å². The molecule has 42 heavy (non-hydrogen) atoms. The van der Waals surface area contributed by atoms with Crippen molar-refractivity contribution in [1.82, 2.24) is 4.90 Å². The average Bonchev–Trinajstić information content (AvgIpc) is 3.39. The third kappa shape index (κ3) is 5.76. The van der Waals surface area contributed by atoms with Crippen molar-refractivity contribution < 1.29 is 41.5 Å². The van der Waals surface area contributed by atoms with E-state index in [0.717, 1.165) is 18.4 Å². The van der Waals surface area contributed by atoms with Gasteiger partial charge in [-0.05, 0) is 54.7 Å². The van der Waals surface area contributed by atoms with Gasteiger partial charge in [0.25, 0.3) is 0 Å². The van der Waals surface area contributed by atoms with Crippen molar-refractivity contribution in [2.75, 3.05) is 32.8 Å². The highest BCUT2D eigenvalue weighted by molar-refractivity contribution is 5.82. The number of likely N-dealkylation sites (tertiary alicyclic amines) is 1. The van der Waals surface area contributed by atoms with Gasteiger partial charge in [0, 0.05) is 31.0 Å². The largest absolute Gasteiger partial charge is 0.484 e. The van der Waals surface area contributed by atoms with Gasteiger partial charge in [0.1, 0.15) is 11.7 Å². The van der Waals surface area contributed by atoms with E-state index in [2.05, 4.69) is 17.4 Å². The van der Waals surface area contributed by atoms with Crippen LogP contribution in [0.15, 0.2) is 48.5 Å². The van der Waals surface area contributed by atoms with Crippen LogP contribution in [0.25, 0.3) is 0 Å². The Labute approximate surface area is 242 Å². The summed E-state index contributed by atoms with van der Waals surface area (Å²) in [6.45, 7) is 0.654. The minimum atomic E-state index is -4.47. The van der Waals surface area contributed by atoms with Crippen molar-refractivity contribution in [3.05, 3.63) is 65.2 Å². The lowest BCUT2D eigenvalue weighted by molar-refractivity contribution is -0.640. The monoisotopic (exact) mass is 593 g/mol. The van der Waals surface area contributed by atoms with Crippen LogP contribution in [-0.2, 0) is 21.6 Å². The second-order valence-electron chi connectivity index (χ2n) is 12.5. The van der Waals surface area contributed by atoms with Crippen molar-refractivity contribution in [1.29, 1.82) is 0 Å². The molecule has 3 fully saturated rings. The number of piperidine rings is 1. The molecule has 0 bridgehead atoms. The number of nitrogens with zero attached hydrogens (tertiary/aromatic N) is 1. The molecule has 5 nitrogen and oxygen atoms in total. The van der Waals surface area contributed by atoms with Crippen LogP contribution in [0.5, 0.6) is 5.75 Å². The first-order valence-corrected chi connectivity index (χ1v) is 15.0. The van der Waals surface area contributed by atoms with Crippen LogP contribution in [0, 0.1) is 11.8 Å². The molecule has 4 atom stereocenters. The summed E-state index contributed by atoms with van der Waals surface area (Å²) in [6.07, 6.45) is -2.49. The standard InChI is InChI=1S/C32H37F5N2O3/c33-31(34)12-9-22(10-13-31)27-15-23(21-5-2-1-3-6-21)11-14-39(27)29(40)26-16-38-18-30(26)19-41-17-24-25(30)7-4-8-28(24)42-20-32(35,36)37/h1-8,22-23,26-27,38H,9-20H2/p+1/t23-,26+,27+,30-/m1/s1. The topological polar surface area (TPSA) is 55.4 Å². The van der Waals surface area contributed by atoms with Crippen LogP contribution in [0.1, 0.15) is 61.1 Å². The van der Waals surface area contributed by atoms with E-state index < -0.39 is 30.0 Å². The number of ether oxygens (including phenoxy) is 2. The molecule has 1 saturated carbocycles. The second kappa shape index (κ2) is 11.4. The number of carbonyl (C=O) groups is 1. The number of hydrogen-bond donors (Lipinski definition) is 1. The molecule has 10 heteroatoms. The van der Waals surface area contributed by atoms with E-state index in [1.807, 2.05) is 29.2 Å². The Bertz CT molecular complexity index is 1260. The maximum atomic E-state index is 14.6. The molecule has 3 aliphatic heterocycles. The first-order chi connectivity index (χ1) is 20.1. The lowest BCUT2D eigenvalue weighted by Gasteiger charge is -2.47. The molecular formula is C32H38F5N2O3+. The molecular weight excluding hydrogens is 555 g/mol. The van der Waals surface area contributed by atoms with Gasteiger partial charge in [0.2, 0.25) is 11.8 Å². The number of amides is 1. The molecule has 228 valence electrons. The van der Waals surface area contributed by atoms with Crippen molar-refractivity contribution >= 4 is 5.91 Å². The van der Waals surface area contributed by atoms with Crippen molar-refractivity contribution in [2.45, 2.75) is 74.6 Å². The van der Waals surface area contributed by atoms with E-state index in [1.54, 1.807) is 6.07 Å². The summed E-state index contributed by atoms with van der Waals surface area (Å²) in [4.78, 5) is 16.5. The molecule has 0 aromatic heterocycles. The van der Waals surface area contributed by atoms with Gasteiger partial charge in [-0.1, -0.05) is 42.5 Å². The molecule has 1 amide bonds. The number of carbonyl (C=O) groups excluding carboxylic acids is 1. The predicted octanol–water partition coefficient (Wildman–Crippen LogP) is 5.19. The second-order valence-corrected chi connectivity index (χ2v) is 12.5. The van der Waals surface area contributed by atoms with Gasteiger partial charge in [-0.25, -0.2) is 8.78 Å². The van der Waals surface area contributed by atoms with E-state index in [1.165, 1.54) is 11.6 Å². The Hall–Kier alpha value is -2.72. The van der Waals surface area contributed by atoms with Crippen molar-refractivity contribution in [3.8, 4) is 5.75 Å². The fourth-order valence-electron chi connectivity index (χ4n) is 7.95. The highest BCUT2D eigenvalue weighted by Crippen LogP contribution is 2.47. The molecule has 0 radical (unpaired) electrons. The zero-order valence-corrected chi connectivity index (χ0v) is 23.6. The maximum absolute atomic E-state index is 14.6. The quantitative estimate of drug-likeness (QED) is 0.486. The van der Waals surface area contributed by atoms with Gasteiger partial charge in [-0.15, -0.1) is 0 Å². The first kappa shape index (κ1) is 29.4. The minimum absolute atomic E-state index is 0.00122. The number of halogens is 5. The Kier molecular flexibility index (Phi) is 7.98. The summed E-state index contributed by atoms with van der Waals surface area (Å²) < 4.78 is 78.3. The van der Waals surface area contributed by atoms with Gasteiger partial charge < -0.3 is 19.7 Å². The third-order valence-electron chi connectivity index (χ3n) is 10.0. The molecule has 2 saturated heterocycles. The lowest BCUT2D eigenvalue weighted by Crippen LogP contribution is -2.82. The van der Waals surface area contributed by atoms with Crippen LogP contribution < -0.4 is 10.1 Å². The van der Waals surface area contributed by atoms with E-state index >= 15 is 0 Å². The van der Waals surface area contributed by atoms with Gasteiger partial charge in [0.15, 0.2) is 6.61 Å². The summed E-state index contributed by atoms with van der Waals surface area (Å²) in [6, 6.07) is 15.1. The maximum Gasteiger partial charge on any atom is 0.422 e. The first-order valence-electron chi connectivity index (χ1n) is 15.0. The third-order valence-corrected chi connectivity index (χ3v) is 10.0. The summed E-state index contributed by atoms with van der Waals surface area (Å²) >= 11 is 0. The van der Waals surface area contributed by atoms with Crippen LogP contribution in [0.2, 0.25) is 0 Å². The van der Waals surface area contributed by atoms with Crippen LogP contribution in [-0.4, -0.2) is 61.8 Å². The lowest BCUT2D eigenvalue weighted by atomic mass is 9.68. The Morgan fingerprint density at radius 2 is 1.81 bits per heavy atom. The normalized spacial score (nSPS) is 29.8. The number of nitrogens with two attached hydrogens (primary N) is 1. The highest BCUT2D eigenvalue weighted by Gasteiger charge is 2.56. The Balaban J connectivity index is 1.29. The number of alkyl halides is 5. The van der Waals surface area contributed by atoms with Crippen LogP contribution in [0.4, 0.5) is 22.0 Å². The van der Waals surface area contributed by atoms with Crippen molar-refractivity contribution in [3.63, 3.8) is 0 Å². The summed E-state index contributed by atoms with van der Waals surface area (Å²) in [5, 5.41) is 2.08. The fourth-order valence-corrected chi connectivity index (χ4v) is 7.95. The molecule has 4 aliphatic rings. The van der Waals surface area contributed by atoms with Gasteiger partial charge in [-0.3, -0.25) is 4.79 Å². The molecule has 2 N–H and O–H groups in total. The summed E-state index contributed by atoms with van der Waals surface area (Å²) in [7, 11) is 0. The molecule has 1 spiro atoms. The Morgan fingerprint density at radius 1 is 1.05 bits per heavy atom. The molecule has 2 aromatic carbocycles. The zero-order chi connectivity index (χ0) is 29.5. The van der Waals surface area contributed by atoms with Crippen LogP contribution >= 0.6 is 0 Å². The van der Waals surface area contributed by atoms with E-state index in [4.69, 9.17) is 9.47 Å². The van der Waals surface area contributed by atoms with E-state index in [9.17, 15) is 26.7 Å². The number of benzene rings is 2. The average molecular weight is 594 g/mol. The van der Waals surface area contributed by atoms with E-state index in [-0.39, 0.29) is 55.6 Å².